The zero-order valence-electron chi connectivity index (χ0n) is 6.96. The largest absolute Gasteiger partial charge is 0.310 e. The van der Waals surface area contributed by atoms with E-state index in [1.165, 1.54) is 6.92 Å². The van der Waals surface area contributed by atoms with E-state index in [9.17, 15) is 13.2 Å². The number of aromatic amines is 1. The molecule has 1 heterocycles. The highest BCUT2D eigenvalue weighted by molar-refractivity contribution is 7.90. The topological polar surface area (TPSA) is 79.9 Å². The second kappa shape index (κ2) is 3.12. The number of hydrogen-bond acceptors (Lipinski definition) is 4. The quantitative estimate of drug-likeness (QED) is 0.686. The highest BCUT2D eigenvalue weighted by Gasteiger charge is 2.18. The van der Waals surface area contributed by atoms with Gasteiger partial charge in [0, 0.05) is 6.26 Å². The smallest absolute Gasteiger partial charge is 0.271 e. The van der Waals surface area contributed by atoms with Crippen molar-refractivity contribution in [3.05, 3.63) is 21.3 Å². The summed E-state index contributed by atoms with van der Waals surface area (Å²) in [7, 11) is -3.62. The van der Waals surface area contributed by atoms with Crippen LogP contribution in [0, 0.1) is 6.92 Å². The number of nitrogens with zero attached hydrogens (tertiary/aromatic N) is 1. The van der Waals surface area contributed by atoms with E-state index in [4.69, 9.17) is 11.6 Å². The first kappa shape index (κ1) is 10.2. The molecule has 0 bridgehead atoms. The summed E-state index contributed by atoms with van der Waals surface area (Å²) in [6, 6.07) is 0. The fraction of sp³-hybridized carbons (Fsp3) is 0.333. The Morgan fingerprint density at radius 2 is 2.00 bits per heavy atom. The van der Waals surface area contributed by atoms with Crippen LogP contribution in [0.5, 0.6) is 0 Å². The number of aryl methyl sites for hydroxylation is 1. The first-order valence-electron chi connectivity index (χ1n) is 3.29. The average Bonchev–Trinajstić information content (AvgIpc) is 1.78. The van der Waals surface area contributed by atoms with Crippen LogP contribution in [-0.2, 0) is 9.84 Å². The van der Waals surface area contributed by atoms with E-state index in [1.54, 1.807) is 0 Å². The van der Waals surface area contributed by atoms with Gasteiger partial charge >= 0.3 is 0 Å². The predicted octanol–water partition coefficient (Wildman–Crippen LogP) is 0.135. The van der Waals surface area contributed by atoms with Crippen LogP contribution in [0.2, 0.25) is 5.15 Å². The third-order valence-corrected chi connectivity index (χ3v) is 2.83. The van der Waals surface area contributed by atoms with Crippen LogP contribution in [0.3, 0.4) is 0 Å². The zero-order chi connectivity index (χ0) is 10.2. The van der Waals surface area contributed by atoms with Crippen molar-refractivity contribution in [3.8, 4) is 0 Å². The Kier molecular flexibility index (Phi) is 2.44. The lowest BCUT2D eigenvalue weighted by molar-refractivity contribution is 0.600. The Morgan fingerprint density at radius 1 is 1.46 bits per heavy atom. The SMILES string of the molecule is Cc1nc(Cl)c(S(C)(=O)=O)c(=O)[nH]1. The molecule has 0 aliphatic carbocycles. The number of H-pyrrole nitrogens is 1. The van der Waals surface area contributed by atoms with Gasteiger partial charge in [-0.15, -0.1) is 0 Å². The first-order chi connectivity index (χ1) is 5.82. The maximum atomic E-state index is 11.1. The van der Waals surface area contributed by atoms with Crippen molar-refractivity contribution in [3.63, 3.8) is 0 Å². The van der Waals surface area contributed by atoms with Crippen molar-refractivity contribution in [2.45, 2.75) is 11.8 Å². The van der Waals surface area contributed by atoms with Crippen molar-refractivity contribution < 1.29 is 8.42 Å². The number of halogens is 1. The maximum absolute atomic E-state index is 11.1. The summed E-state index contributed by atoms with van der Waals surface area (Å²) in [5, 5.41) is -0.288. The van der Waals surface area contributed by atoms with Crippen molar-refractivity contribution in [2.24, 2.45) is 0 Å². The van der Waals surface area contributed by atoms with E-state index in [0.717, 1.165) is 6.26 Å². The zero-order valence-corrected chi connectivity index (χ0v) is 8.53. The van der Waals surface area contributed by atoms with Crippen LogP contribution in [0.15, 0.2) is 9.69 Å². The number of nitrogens with one attached hydrogen (secondary N) is 1. The fourth-order valence-corrected chi connectivity index (χ4v) is 2.23. The Labute approximate surface area is 79.7 Å². The van der Waals surface area contributed by atoms with Crippen LogP contribution >= 0.6 is 11.6 Å². The molecule has 1 N–H and O–H groups in total. The van der Waals surface area contributed by atoms with Crippen LogP contribution in [0.1, 0.15) is 5.82 Å². The third-order valence-electron chi connectivity index (χ3n) is 1.32. The Morgan fingerprint density at radius 3 is 2.38 bits per heavy atom. The average molecular weight is 223 g/mol. The minimum absolute atomic E-state index is 0.280. The molecule has 0 saturated heterocycles. The first-order valence-corrected chi connectivity index (χ1v) is 5.56. The normalized spacial score (nSPS) is 11.6. The maximum Gasteiger partial charge on any atom is 0.271 e. The molecular weight excluding hydrogens is 216 g/mol. The number of rotatable bonds is 1. The second-order valence-corrected chi connectivity index (χ2v) is 4.85. The number of aromatic nitrogens is 2. The summed E-state index contributed by atoms with van der Waals surface area (Å²) in [5.41, 5.74) is -0.736. The van der Waals surface area contributed by atoms with Crippen molar-refractivity contribution in [2.75, 3.05) is 6.26 Å². The Balaban J connectivity index is 3.67. The van der Waals surface area contributed by atoms with Gasteiger partial charge in [-0.05, 0) is 6.92 Å². The van der Waals surface area contributed by atoms with Gasteiger partial charge in [0.1, 0.15) is 5.82 Å². The monoisotopic (exact) mass is 222 g/mol. The molecule has 0 aromatic carbocycles. The van der Waals surface area contributed by atoms with E-state index in [-0.39, 0.29) is 11.0 Å². The van der Waals surface area contributed by atoms with Gasteiger partial charge in [0.25, 0.3) is 5.56 Å². The molecule has 0 saturated carbocycles. The molecule has 0 spiro atoms. The van der Waals surface area contributed by atoms with E-state index in [1.807, 2.05) is 0 Å². The lowest BCUT2D eigenvalue weighted by Gasteiger charge is -1.99. The van der Waals surface area contributed by atoms with Gasteiger partial charge in [0.05, 0.1) is 0 Å². The van der Waals surface area contributed by atoms with Crippen molar-refractivity contribution >= 4 is 21.4 Å². The second-order valence-electron chi connectivity index (χ2n) is 2.54. The molecule has 7 heteroatoms. The van der Waals surface area contributed by atoms with E-state index >= 15 is 0 Å². The molecule has 72 valence electrons. The van der Waals surface area contributed by atoms with Gasteiger partial charge in [-0.1, -0.05) is 11.6 Å². The summed E-state index contributed by atoms with van der Waals surface area (Å²) >= 11 is 5.51. The Hall–Kier alpha value is -0.880. The van der Waals surface area contributed by atoms with E-state index in [2.05, 4.69) is 9.97 Å². The van der Waals surface area contributed by atoms with Crippen molar-refractivity contribution in [1.82, 2.24) is 9.97 Å². The Bertz CT molecular complexity index is 491. The molecule has 5 nitrogen and oxygen atoms in total. The molecule has 1 aromatic heterocycles. The van der Waals surface area contributed by atoms with Gasteiger partial charge in [0.15, 0.2) is 19.9 Å². The molecule has 0 atom stereocenters. The van der Waals surface area contributed by atoms with Gasteiger partial charge in [-0.2, -0.15) is 0 Å². The van der Waals surface area contributed by atoms with E-state index in [0.29, 0.717) is 0 Å². The minimum atomic E-state index is -3.62. The highest BCUT2D eigenvalue weighted by Crippen LogP contribution is 2.13. The van der Waals surface area contributed by atoms with Gasteiger partial charge in [-0.3, -0.25) is 4.79 Å². The number of sulfone groups is 1. The van der Waals surface area contributed by atoms with Gasteiger partial charge in [0.2, 0.25) is 0 Å². The molecule has 1 rings (SSSR count). The predicted molar refractivity (Wildman–Crippen MR) is 47.7 cm³/mol. The van der Waals surface area contributed by atoms with Crippen LogP contribution < -0.4 is 5.56 Å². The molecule has 0 amide bonds. The number of hydrogen-bond donors (Lipinski definition) is 1. The van der Waals surface area contributed by atoms with Gasteiger partial charge < -0.3 is 4.98 Å². The summed E-state index contributed by atoms with van der Waals surface area (Å²) in [4.78, 5) is 16.5. The van der Waals surface area contributed by atoms with E-state index < -0.39 is 20.3 Å². The molecule has 0 fully saturated rings. The molecule has 0 aliphatic heterocycles. The lowest BCUT2D eigenvalue weighted by Crippen LogP contribution is -2.19. The van der Waals surface area contributed by atoms with Crippen LogP contribution in [-0.4, -0.2) is 24.6 Å². The van der Waals surface area contributed by atoms with Gasteiger partial charge in [-0.25, -0.2) is 13.4 Å². The molecule has 1 aromatic rings. The summed E-state index contributed by atoms with van der Waals surface area (Å²) < 4.78 is 22.1. The third kappa shape index (κ3) is 2.07. The molecule has 13 heavy (non-hydrogen) atoms. The lowest BCUT2D eigenvalue weighted by atomic mass is 10.6. The van der Waals surface area contributed by atoms with Crippen molar-refractivity contribution in [1.29, 1.82) is 0 Å². The molecule has 0 radical (unpaired) electrons. The molecule has 0 aliphatic rings. The highest BCUT2D eigenvalue weighted by atomic mass is 35.5. The molecule has 0 unspecified atom stereocenters. The minimum Gasteiger partial charge on any atom is -0.310 e. The fourth-order valence-electron chi connectivity index (χ4n) is 0.862. The summed E-state index contributed by atoms with van der Waals surface area (Å²) in [5.74, 6) is 0.280. The standard InChI is InChI=1S/C6H7ClN2O3S/c1-3-8-5(7)4(6(10)9-3)13(2,11)12/h1-2H3,(H,8,9,10). The summed E-state index contributed by atoms with van der Waals surface area (Å²) in [6.07, 6.45) is 0.903. The molecular formula is C6H7ClN2O3S. The van der Waals surface area contributed by atoms with Crippen LogP contribution in [0.4, 0.5) is 0 Å². The summed E-state index contributed by atoms with van der Waals surface area (Å²) in [6.45, 7) is 1.51. The van der Waals surface area contributed by atoms with Crippen LogP contribution in [0.25, 0.3) is 0 Å².